The topological polar surface area (TPSA) is 9.23 Å². The predicted molar refractivity (Wildman–Crippen MR) is 130 cm³/mol. The van der Waals surface area contributed by atoms with Crippen molar-refractivity contribution in [1.82, 2.24) is 0 Å². The summed E-state index contributed by atoms with van der Waals surface area (Å²) in [5, 5.41) is 0. The van der Waals surface area contributed by atoms with E-state index < -0.39 is 0 Å². The number of hydrogen-bond acceptors (Lipinski definition) is 1. The molecule has 1 atom stereocenters. The average molecular weight is 411 g/mol. The smallest absolute Gasteiger partial charge is 0.118 e. The van der Waals surface area contributed by atoms with Crippen LogP contribution in [0.15, 0.2) is 35.9 Å². The highest BCUT2D eigenvalue weighted by molar-refractivity contribution is 5.27. The molecule has 0 bridgehead atoms. The van der Waals surface area contributed by atoms with Gasteiger partial charge in [-0.2, -0.15) is 0 Å². The molecule has 0 spiro atoms. The Morgan fingerprint density at radius 2 is 1.47 bits per heavy atom. The van der Waals surface area contributed by atoms with E-state index in [1.165, 1.54) is 108 Å². The first kappa shape index (κ1) is 23.4. The van der Waals surface area contributed by atoms with Crippen LogP contribution >= 0.6 is 0 Å². The molecule has 0 saturated heterocycles. The van der Waals surface area contributed by atoms with Crippen LogP contribution in [-0.4, -0.2) is 7.11 Å². The fraction of sp³-hybridized carbons (Fsp3) is 0.724. The van der Waals surface area contributed by atoms with Crippen LogP contribution in [-0.2, 0) is 6.42 Å². The van der Waals surface area contributed by atoms with Crippen molar-refractivity contribution in [2.75, 3.05) is 7.11 Å². The van der Waals surface area contributed by atoms with Crippen LogP contribution < -0.4 is 4.74 Å². The largest absolute Gasteiger partial charge is 0.497 e. The highest BCUT2D eigenvalue weighted by atomic mass is 16.5. The lowest BCUT2D eigenvalue weighted by Crippen LogP contribution is -2.16. The number of ether oxygens (including phenoxy) is 1. The summed E-state index contributed by atoms with van der Waals surface area (Å²) in [6.07, 6.45) is 25.4. The molecule has 2 aliphatic rings. The Hall–Kier alpha value is -1.24. The molecular formula is C29H46O. The SMILES string of the molecule is CCCCCC[C@H]1CC[C@H](CCC2CC=C(CCc3ccc(OC)cc3)CC2)CC1. The summed E-state index contributed by atoms with van der Waals surface area (Å²) >= 11 is 0. The van der Waals surface area contributed by atoms with Crippen LogP contribution in [0.4, 0.5) is 0 Å². The van der Waals surface area contributed by atoms with E-state index in [1.54, 1.807) is 12.7 Å². The van der Waals surface area contributed by atoms with Gasteiger partial charge in [-0.1, -0.05) is 94.9 Å². The monoisotopic (exact) mass is 410 g/mol. The number of rotatable bonds is 12. The zero-order valence-corrected chi connectivity index (χ0v) is 19.8. The summed E-state index contributed by atoms with van der Waals surface area (Å²) in [5.41, 5.74) is 3.13. The van der Waals surface area contributed by atoms with E-state index in [9.17, 15) is 0 Å². The van der Waals surface area contributed by atoms with E-state index in [1.807, 2.05) is 0 Å². The van der Waals surface area contributed by atoms with Crippen molar-refractivity contribution >= 4 is 0 Å². The van der Waals surface area contributed by atoms with Gasteiger partial charge in [0.1, 0.15) is 5.75 Å². The molecule has 0 aliphatic heterocycles. The fourth-order valence-corrected chi connectivity index (χ4v) is 5.67. The van der Waals surface area contributed by atoms with Crippen molar-refractivity contribution in [2.45, 2.75) is 110 Å². The molecule has 0 aromatic heterocycles. The molecule has 1 nitrogen and oxygen atoms in total. The summed E-state index contributed by atoms with van der Waals surface area (Å²) in [5.74, 6) is 4.02. The number of unbranched alkanes of at least 4 members (excludes halogenated alkanes) is 3. The lowest BCUT2D eigenvalue weighted by atomic mass is 9.76. The van der Waals surface area contributed by atoms with Gasteiger partial charge in [-0.25, -0.2) is 0 Å². The second kappa shape index (κ2) is 13.2. The van der Waals surface area contributed by atoms with Gasteiger partial charge in [0, 0.05) is 0 Å². The molecule has 30 heavy (non-hydrogen) atoms. The van der Waals surface area contributed by atoms with Crippen LogP contribution in [0.1, 0.15) is 109 Å². The zero-order chi connectivity index (χ0) is 21.0. The highest BCUT2D eigenvalue weighted by Crippen LogP contribution is 2.37. The van der Waals surface area contributed by atoms with Crippen LogP contribution in [0, 0.1) is 17.8 Å². The molecular weight excluding hydrogens is 364 g/mol. The summed E-state index contributed by atoms with van der Waals surface area (Å²) in [6, 6.07) is 8.59. The molecule has 1 saturated carbocycles. The maximum Gasteiger partial charge on any atom is 0.118 e. The first-order valence-electron chi connectivity index (χ1n) is 13.1. The Kier molecular flexibility index (Phi) is 10.3. The number of allylic oxidation sites excluding steroid dienone is 2. The predicted octanol–water partition coefficient (Wildman–Crippen LogP) is 8.91. The number of aryl methyl sites for hydroxylation is 1. The Morgan fingerprint density at radius 1 is 0.767 bits per heavy atom. The Labute approximate surface area is 186 Å². The number of benzene rings is 1. The summed E-state index contributed by atoms with van der Waals surface area (Å²) in [6.45, 7) is 2.32. The molecule has 168 valence electrons. The quantitative estimate of drug-likeness (QED) is 0.247. The Bertz CT molecular complexity index is 606. The van der Waals surface area contributed by atoms with Gasteiger partial charge in [-0.15, -0.1) is 0 Å². The molecule has 0 N–H and O–H groups in total. The van der Waals surface area contributed by atoms with Crippen molar-refractivity contribution in [3.63, 3.8) is 0 Å². The zero-order valence-electron chi connectivity index (χ0n) is 19.8. The van der Waals surface area contributed by atoms with Gasteiger partial charge < -0.3 is 4.74 Å². The van der Waals surface area contributed by atoms with Crippen LogP contribution in [0.2, 0.25) is 0 Å². The second-order valence-corrected chi connectivity index (χ2v) is 10.2. The van der Waals surface area contributed by atoms with Gasteiger partial charge in [0.2, 0.25) is 0 Å². The van der Waals surface area contributed by atoms with Crippen molar-refractivity contribution in [3.8, 4) is 5.75 Å². The highest BCUT2D eigenvalue weighted by Gasteiger charge is 2.22. The van der Waals surface area contributed by atoms with Crippen molar-refractivity contribution in [1.29, 1.82) is 0 Å². The minimum atomic E-state index is 0.957. The van der Waals surface area contributed by atoms with E-state index >= 15 is 0 Å². The van der Waals surface area contributed by atoms with Gasteiger partial charge in [-0.05, 0) is 74.0 Å². The third kappa shape index (κ3) is 8.12. The first-order valence-corrected chi connectivity index (χ1v) is 13.1. The molecule has 1 aromatic carbocycles. The molecule has 3 rings (SSSR count). The van der Waals surface area contributed by atoms with E-state index in [0.29, 0.717) is 0 Å². The standard InChI is InChI=1S/C29H46O/c1-3-4-5-6-7-24-8-10-25(11-9-24)12-13-26-14-16-27(17-15-26)18-19-28-20-22-29(30-2)23-21-28/h16,20-26H,3-15,17-19H2,1-2H3/t24-,25-,26?. The molecule has 1 heteroatoms. The summed E-state index contributed by atoms with van der Waals surface area (Å²) in [4.78, 5) is 0. The van der Waals surface area contributed by atoms with E-state index in [0.717, 1.165) is 23.5 Å². The van der Waals surface area contributed by atoms with Crippen molar-refractivity contribution in [3.05, 3.63) is 41.5 Å². The van der Waals surface area contributed by atoms with Gasteiger partial charge in [0.25, 0.3) is 0 Å². The number of methoxy groups -OCH3 is 1. The minimum Gasteiger partial charge on any atom is -0.497 e. The molecule has 0 heterocycles. The van der Waals surface area contributed by atoms with Crippen molar-refractivity contribution in [2.24, 2.45) is 17.8 Å². The Morgan fingerprint density at radius 3 is 2.10 bits per heavy atom. The van der Waals surface area contributed by atoms with E-state index in [2.05, 4.69) is 37.3 Å². The Balaban J connectivity index is 1.27. The van der Waals surface area contributed by atoms with Crippen LogP contribution in [0.25, 0.3) is 0 Å². The van der Waals surface area contributed by atoms with Crippen molar-refractivity contribution < 1.29 is 4.74 Å². The molecule has 0 radical (unpaired) electrons. The lowest BCUT2D eigenvalue weighted by Gasteiger charge is -2.30. The molecule has 2 aliphatic carbocycles. The van der Waals surface area contributed by atoms with Crippen LogP contribution in [0.5, 0.6) is 5.75 Å². The third-order valence-corrected chi connectivity index (χ3v) is 7.92. The van der Waals surface area contributed by atoms with E-state index in [-0.39, 0.29) is 0 Å². The second-order valence-electron chi connectivity index (χ2n) is 10.2. The van der Waals surface area contributed by atoms with Gasteiger partial charge in [0.15, 0.2) is 0 Å². The minimum absolute atomic E-state index is 0.957. The van der Waals surface area contributed by atoms with E-state index in [4.69, 9.17) is 4.74 Å². The molecule has 1 aromatic rings. The third-order valence-electron chi connectivity index (χ3n) is 7.92. The average Bonchev–Trinajstić information content (AvgIpc) is 2.81. The molecule has 1 fully saturated rings. The van der Waals surface area contributed by atoms with Gasteiger partial charge in [0.05, 0.1) is 7.11 Å². The van der Waals surface area contributed by atoms with Crippen LogP contribution in [0.3, 0.4) is 0 Å². The molecule has 0 amide bonds. The maximum absolute atomic E-state index is 5.26. The first-order chi connectivity index (χ1) is 14.8. The summed E-state index contributed by atoms with van der Waals surface area (Å²) in [7, 11) is 1.73. The normalized spacial score (nSPS) is 24.5. The maximum atomic E-state index is 5.26. The van der Waals surface area contributed by atoms with Gasteiger partial charge in [-0.3, -0.25) is 0 Å². The molecule has 1 unspecified atom stereocenters. The summed E-state index contributed by atoms with van der Waals surface area (Å²) < 4.78 is 5.26. The van der Waals surface area contributed by atoms with Gasteiger partial charge >= 0.3 is 0 Å². The number of hydrogen-bond donors (Lipinski definition) is 0. The fourth-order valence-electron chi connectivity index (χ4n) is 5.67. The lowest BCUT2D eigenvalue weighted by molar-refractivity contribution is 0.234.